The molecule has 1 fully saturated rings. The number of piperidine rings is 1. The average Bonchev–Trinajstić information content (AvgIpc) is 2.41. The summed E-state index contributed by atoms with van der Waals surface area (Å²) in [7, 11) is 3.86. The number of benzene rings is 1. The van der Waals surface area contributed by atoms with Gasteiger partial charge in [0.25, 0.3) is 0 Å². The second-order valence-corrected chi connectivity index (χ2v) is 6.04. The second-order valence-electron chi connectivity index (χ2n) is 6.04. The van der Waals surface area contributed by atoms with Gasteiger partial charge >= 0.3 is 0 Å². The van der Waals surface area contributed by atoms with Gasteiger partial charge in [0, 0.05) is 18.7 Å². The maximum absolute atomic E-state index is 5.21. The van der Waals surface area contributed by atoms with Gasteiger partial charge in [-0.15, -0.1) is 0 Å². The van der Waals surface area contributed by atoms with Crippen molar-refractivity contribution in [1.82, 2.24) is 4.90 Å². The molecule has 0 aliphatic carbocycles. The summed E-state index contributed by atoms with van der Waals surface area (Å²) in [6.07, 6.45) is 3.21. The first-order valence-electron chi connectivity index (χ1n) is 7.05. The Bertz CT molecular complexity index is 560. The van der Waals surface area contributed by atoms with Crippen LogP contribution in [-0.4, -0.2) is 32.1 Å². The van der Waals surface area contributed by atoms with E-state index in [-0.39, 0.29) is 5.41 Å². The van der Waals surface area contributed by atoms with E-state index in [1.54, 1.807) is 7.11 Å². The summed E-state index contributed by atoms with van der Waals surface area (Å²) in [5.74, 6) is 7.25. The molecule has 0 spiro atoms. The lowest BCUT2D eigenvalue weighted by molar-refractivity contribution is 0.200. The second kappa shape index (κ2) is 6.15. The van der Waals surface area contributed by atoms with E-state index in [1.165, 1.54) is 5.57 Å². The number of nitrogens with zero attached hydrogens (tertiary/aromatic N) is 1. The fourth-order valence-electron chi connectivity index (χ4n) is 2.68. The third kappa shape index (κ3) is 3.65. The Balaban J connectivity index is 2.14. The van der Waals surface area contributed by atoms with Gasteiger partial charge in [0.15, 0.2) is 0 Å². The molecule has 1 heterocycles. The van der Waals surface area contributed by atoms with E-state index >= 15 is 0 Å². The van der Waals surface area contributed by atoms with Crippen molar-refractivity contribution in [2.75, 3.05) is 27.2 Å². The molecular formula is C18H23NO. The van der Waals surface area contributed by atoms with Crippen LogP contribution in [0.4, 0.5) is 0 Å². The first-order valence-corrected chi connectivity index (χ1v) is 7.05. The highest BCUT2D eigenvalue weighted by Crippen LogP contribution is 2.33. The highest BCUT2D eigenvalue weighted by molar-refractivity contribution is 5.42. The third-order valence-electron chi connectivity index (χ3n) is 3.83. The fourth-order valence-corrected chi connectivity index (χ4v) is 2.68. The molecule has 0 unspecified atom stereocenters. The van der Waals surface area contributed by atoms with Gasteiger partial charge in [-0.25, -0.2) is 0 Å². The topological polar surface area (TPSA) is 12.5 Å². The van der Waals surface area contributed by atoms with Crippen molar-refractivity contribution < 1.29 is 4.74 Å². The largest absolute Gasteiger partial charge is 0.497 e. The Morgan fingerprint density at radius 1 is 1.35 bits per heavy atom. The van der Waals surface area contributed by atoms with Crippen LogP contribution in [-0.2, 0) is 0 Å². The molecule has 1 aliphatic heterocycles. The van der Waals surface area contributed by atoms with E-state index in [1.807, 2.05) is 24.3 Å². The Morgan fingerprint density at radius 3 is 2.85 bits per heavy atom. The number of methoxy groups -OCH3 is 1. The number of likely N-dealkylation sites (tertiary alicyclic amines) is 1. The lowest BCUT2D eigenvalue weighted by Crippen LogP contribution is -2.39. The van der Waals surface area contributed by atoms with Crippen molar-refractivity contribution in [2.24, 2.45) is 5.41 Å². The van der Waals surface area contributed by atoms with E-state index in [4.69, 9.17) is 4.74 Å². The van der Waals surface area contributed by atoms with Crippen LogP contribution in [0.25, 0.3) is 0 Å². The zero-order valence-electron chi connectivity index (χ0n) is 12.9. The van der Waals surface area contributed by atoms with Gasteiger partial charge < -0.3 is 9.64 Å². The Hall–Kier alpha value is -1.72. The molecule has 0 N–H and O–H groups in total. The third-order valence-corrected chi connectivity index (χ3v) is 3.83. The molecule has 0 aromatic heterocycles. The SMILES string of the molecule is COc1cccc(C#C/C=C2\CCN(C)CC2(C)C)c1. The monoisotopic (exact) mass is 269 g/mol. The van der Waals surface area contributed by atoms with Gasteiger partial charge in [-0.2, -0.15) is 0 Å². The van der Waals surface area contributed by atoms with E-state index in [9.17, 15) is 0 Å². The van der Waals surface area contributed by atoms with Crippen LogP contribution in [0, 0.1) is 17.3 Å². The van der Waals surface area contributed by atoms with Crippen LogP contribution >= 0.6 is 0 Å². The summed E-state index contributed by atoms with van der Waals surface area (Å²) >= 11 is 0. The average molecular weight is 269 g/mol. The van der Waals surface area contributed by atoms with Gasteiger partial charge in [0.1, 0.15) is 5.75 Å². The van der Waals surface area contributed by atoms with Crippen molar-refractivity contribution in [3.05, 3.63) is 41.5 Å². The van der Waals surface area contributed by atoms with Crippen LogP contribution in [0.1, 0.15) is 25.8 Å². The molecule has 1 saturated heterocycles. The standard InChI is InChI=1S/C18H23NO/c1-18(2)14-19(3)12-11-16(18)9-5-7-15-8-6-10-17(13-15)20-4/h6,8-10,13H,11-12,14H2,1-4H3/b16-9+. The summed E-state index contributed by atoms with van der Waals surface area (Å²) in [5.41, 5.74) is 2.66. The van der Waals surface area contributed by atoms with Gasteiger partial charge in [-0.1, -0.05) is 37.3 Å². The molecule has 20 heavy (non-hydrogen) atoms. The van der Waals surface area contributed by atoms with Crippen LogP contribution in [0.15, 0.2) is 35.9 Å². The van der Waals surface area contributed by atoms with Gasteiger partial charge in [0.05, 0.1) is 7.11 Å². The van der Waals surface area contributed by atoms with Crippen LogP contribution in [0.2, 0.25) is 0 Å². The first kappa shape index (κ1) is 14.7. The van der Waals surface area contributed by atoms with Crippen LogP contribution < -0.4 is 4.74 Å². The Labute approximate surface area is 122 Å². The Kier molecular flexibility index (Phi) is 4.52. The quantitative estimate of drug-likeness (QED) is 0.725. The summed E-state index contributed by atoms with van der Waals surface area (Å²) in [6, 6.07) is 7.87. The van der Waals surface area contributed by atoms with Crippen molar-refractivity contribution in [1.29, 1.82) is 0 Å². The minimum absolute atomic E-state index is 0.218. The number of rotatable bonds is 1. The van der Waals surface area contributed by atoms with E-state index in [2.05, 4.69) is 43.7 Å². The maximum Gasteiger partial charge on any atom is 0.120 e. The predicted molar refractivity (Wildman–Crippen MR) is 83.9 cm³/mol. The predicted octanol–water partition coefficient (Wildman–Crippen LogP) is 3.33. The minimum atomic E-state index is 0.218. The number of hydrogen-bond donors (Lipinski definition) is 0. The molecule has 2 heteroatoms. The van der Waals surface area contributed by atoms with Crippen molar-refractivity contribution in [2.45, 2.75) is 20.3 Å². The zero-order valence-corrected chi connectivity index (χ0v) is 12.9. The molecule has 0 radical (unpaired) electrons. The molecule has 2 rings (SSSR count). The summed E-state index contributed by atoms with van der Waals surface area (Å²) < 4.78 is 5.21. The fraction of sp³-hybridized carbons (Fsp3) is 0.444. The number of ether oxygens (including phenoxy) is 1. The number of hydrogen-bond acceptors (Lipinski definition) is 2. The molecule has 0 atom stereocenters. The lowest BCUT2D eigenvalue weighted by atomic mass is 9.79. The van der Waals surface area contributed by atoms with Gasteiger partial charge in [-0.3, -0.25) is 0 Å². The van der Waals surface area contributed by atoms with Crippen molar-refractivity contribution in [3.63, 3.8) is 0 Å². The molecule has 1 aromatic rings. The van der Waals surface area contributed by atoms with Crippen LogP contribution in [0.3, 0.4) is 0 Å². The zero-order chi connectivity index (χ0) is 14.6. The smallest absolute Gasteiger partial charge is 0.120 e. The van der Waals surface area contributed by atoms with Crippen LogP contribution in [0.5, 0.6) is 5.75 Å². The highest BCUT2D eigenvalue weighted by Gasteiger charge is 2.28. The molecule has 0 amide bonds. The summed E-state index contributed by atoms with van der Waals surface area (Å²) in [4.78, 5) is 2.38. The van der Waals surface area contributed by atoms with E-state index in [0.717, 1.165) is 30.8 Å². The van der Waals surface area contributed by atoms with Crippen molar-refractivity contribution >= 4 is 0 Å². The normalized spacial score (nSPS) is 20.3. The molecule has 1 aromatic carbocycles. The van der Waals surface area contributed by atoms with Crippen molar-refractivity contribution in [3.8, 4) is 17.6 Å². The summed E-state index contributed by atoms with van der Waals surface area (Å²) in [5, 5.41) is 0. The Morgan fingerprint density at radius 2 is 2.15 bits per heavy atom. The molecular weight excluding hydrogens is 246 g/mol. The minimum Gasteiger partial charge on any atom is -0.497 e. The molecule has 2 nitrogen and oxygen atoms in total. The maximum atomic E-state index is 5.21. The molecule has 0 saturated carbocycles. The molecule has 0 bridgehead atoms. The molecule has 106 valence electrons. The van der Waals surface area contributed by atoms with E-state index in [0.29, 0.717) is 0 Å². The van der Waals surface area contributed by atoms with Gasteiger partial charge in [0.2, 0.25) is 0 Å². The lowest BCUT2D eigenvalue weighted by Gasteiger charge is -2.38. The first-order chi connectivity index (χ1) is 9.51. The number of allylic oxidation sites excluding steroid dienone is 1. The van der Waals surface area contributed by atoms with E-state index < -0.39 is 0 Å². The highest BCUT2D eigenvalue weighted by atomic mass is 16.5. The van der Waals surface area contributed by atoms with Gasteiger partial charge in [-0.05, 0) is 43.2 Å². The molecule has 1 aliphatic rings. The summed E-state index contributed by atoms with van der Waals surface area (Å²) in [6.45, 7) is 6.80.